The van der Waals surface area contributed by atoms with Crippen LogP contribution in [0.4, 0.5) is 4.39 Å². The fourth-order valence-corrected chi connectivity index (χ4v) is 4.35. The number of aromatic nitrogens is 3. The molecule has 4 rings (SSSR count). The second-order valence-electron chi connectivity index (χ2n) is 7.01. The zero-order chi connectivity index (χ0) is 20.1. The average Bonchev–Trinajstić information content (AvgIpc) is 3.22. The summed E-state index contributed by atoms with van der Waals surface area (Å²) in [6.45, 7) is 4.37. The third kappa shape index (κ3) is 5.02. The average molecular weight is 413 g/mol. The highest BCUT2D eigenvalue weighted by Gasteiger charge is 2.24. The fraction of sp³-hybridized carbons (Fsp3) is 0.286. The molecule has 8 heteroatoms. The number of hydrogen-bond donors (Lipinski definition) is 1. The lowest BCUT2D eigenvalue weighted by atomic mass is 10.2. The summed E-state index contributed by atoms with van der Waals surface area (Å²) in [6, 6.07) is 10.4. The summed E-state index contributed by atoms with van der Waals surface area (Å²) in [6.07, 6.45) is 7.08. The minimum Gasteiger partial charge on any atom is -0.331 e. The van der Waals surface area contributed by atoms with Gasteiger partial charge in [0.2, 0.25) is 5.91 Å². The number of piperazine rings is 1. The van der Waals surface area contributed by atoms with Crippen molar-refractivity contribution in [3.8, 4) is 5.69 Å². The van der Waals surface area contributed by atoms with Crippen molar-refractivity contribution in [1.82, 2.24) is 19.4 Å². The van der Waals surface area contributed by atoms with Crippen molar-refractivity contribution in [2.24, 2.45) is 0 Å². The van der Waals surface area contributed by atoms with E-state index in [1.54, 1.807) is 23.0 Å². The van der Waals surface area contributed by atoms with Gasteiger partial charge >= 0.3 is 0 Å². The number of benzene rings is 1. The molecule has 1 fully saturated rings. The van der Waals surface area contributed by atoms with Crippen LogP contribution in [0.15, 0.2) is 66.3 Å². The molecule has 1 amide bonds. The van der Waals surface area contributed by atoms with Crippen LogP contribution in [0.1, 0.15) is 5.56 Å². The number of quaternary nitrogens is 1. The van der Waals surface area contributed by atoms with Crippen molar-refractivity contribution >= 4 is 17.7 Å². The number of carbonyl (C=O) groups is 1. The number of halogens is 1. The summed E-state index contributed by atoms with van der Waals surface area (Å²) in [5.74, 6) is 0.147. The molecule has 1 aliphatic heterocycles. The van der Waals surface area contributed by atoms with E-state index >= 15 is 0 Å². The van der Waals surface area contributed by atoms with Crippen LogP contribution in [-0.4, -0.2) is 57.3 Å². The van der Waals surface area contributed by atoms with E-state index in [0.29, 0.717) is 16.6 Å². The largest absolute Gasteiger partial charge is 0.331 e. The molecule has 2 aromatic heterocycles. The smallest absolute Gasteiger partial charge is 0.233 e. The number of hydrogen-bond acceptors (Lipinski definition) is 4. The lowest BCUT2D eigenvalue weighted by Crippen LogP contribution is -3.13. The number of rotatable bonds is 6. The Balaban J connectivity index is 1.29. The number of pyridine rings is 1. The molecular formula is C21H23FN5OS+. The number of nitrogens with zero attached hydrogens (tertiary/aromatic N) is 4. The second kappa shape index (κ2) is 9.19. The van der Waals surface area contributed by atoms with Crippen molar-refractivity contribution in [1.29, 1.82) is 0 Å². The summed E-state index contributed by atoms with van der Waals surface area (Å²) in [4.78, 5) is 24.4. The summed E-state index contributed by atoms with van der Waals surface area (Å²) >= 11 is 1.38. The van der Waals surface area contributed by atoms with Gasteiger partial charge in [-0.3, -0.25) is 14.3 Å². The van der Waals surface area contributed by atoms with Gasteiger partial charge in [-0.15, -0.1) is 0 Å². The number of amides is 1. The van der Waals surface area contributed by atoms with Crippen LogP contribution < -0.4 is 4.90 Å². The summed E-state index contributed by atoms with van der Waals surface area (Å²) in [5.41, 5.74) is 1.97. The molecule has 0 radical (unpaired) electrons. The van der Waals surface area contributed by atoms with Crippen molar-refractivity contribution in [3.05, 3.63) is 72.6 Å². The lowest BCUT2D eigenvalue weighted by Gasteiger charge is -2.32. The number of carbonyl (C=O) groups excluding carboxylic acids is 1. The van der Waals surface area contributed by atoms with Crippen LogP contribution in [0.25, 0.3) is 5.69 Å². The maximum Gasteiger partial charge on any atom is 0.233 e. The van der Waals surface area contributed by atoms with E-state index in [4.69, 9.17) is 0 Å². The zero-order valence-electron chi connectivity index (χ0n) is 16.0. The van der Waals surface area contributed by atoms with Gasteiger partial charge in [-0.05, 0) is 30.3 Å². The zero-order valence-corrected chi connectivity index (χ0v) is 16.8. The van der Waals surface area contributed by atoms with E-state index in [1.807, 2.05) is 35.5 Å². The predicted molar refractivity (Wildman–Crippen MR) is 109 cm³/mol. The van der Waals surface area contributed by atoms with Crippen molar-refractivity contribution in [2.45, 2.75) is 11.7 Å². The van der Waals surface area contributed by atoms with Gasteiger partial charge in [-0.25, -0.2) is 9.37 Å². The molecule has 0 spiro atoms. The molecule has 29 heavy (non-hydrogen) atoms. The Bertz CT molecular complexity index is 956. The number of nitrogens with one attached hydrogen (secondary N) is 1. The maximum atomic E-state index is 13.5. The SMILES string of the molecule is O=C(CSc1nccn1-c1cccc(F)c1)N1CC[NH+](Cc2ccncc2)CC1. The molecule has 0 bridgehead atoms. The van der Waals surface area contributed by atoms with Gasteiger partial charge < -0.3 is 9.80 Å². The van der Waals surface area contributed by atoms with Crippen LogP contribution in [0.3, 0.4) is 0 Å². The highest BCUT2D eigenvalue weighted by atomic mass is 32.2. The molecule has 150 valence electrons. The van der Waals surface area contributed by atoms with E-state index in [-0.39, 0.29) is 11.7 Å². The third-order valence-corrected chi connectivity index (χ3v) is 6.00. The summed E-state index contributed by atoms with van der Waals surface area (Å²) in [7, 11) is 0. The van der Waals surface area contributed by atoms with Gasteiger partial charge in [-0.2, -0.15) is 0 Å². The Kier molecular flexibility index (Phi) is 6.21. The molecule has 1 saturated heterocycles. The Morgan fingerprint density at radius 3 is 2.69 bits per heavy atom. The molecule has 0 atom stereocenters. The van der Waals surface area contributed by atoms with Crippen molar-refractivity contribution < 1.29 is 14.1 Å². The number of imidazole rings is 1. The second-order valence-corrected chi connectivity index (χ2v) is 7.95. The third-order valence-electron chi connectivity index (χ3n) is 5.04. The quantitative estimate of drug-likeness (QED) is 0.623. The Hall–Kier alpha value is -2.71. The van der Waals surface area contributed by atoms with Gasteiger partial charge in [0.25, 0.3) is 0 Å². The molecule has 1 aliphatic rings. The molecule has 1 N–H and O–H groups in total. The monoisotopic (exact) mass is 412 g/mol. The normalized spacial score (nSPS) is 14.9. The molecule has 0 aliphatic carbocycles. The Morgan fingerprint density at radius 1 is 1.14 bits per heavy atom. The first-order valence-electron chi connectivity index (χ1n) is 9.61. The Labute approximate surface area is 173 Å². The highest BCUT2D eigenvalue weighted by Crippen LogP contribution is 2.21. The van der Waals surface area contributed by atoms with Crippen LogP contribution in [-0.2, 0) is 11.3 Å². The van der Waals surface area contributed by atoms with Crippen LogP contribution in [0, 0.1) is 5.82 Å². The van der Waals surface area contributed by atoms with Gasteiger partial charge in [0.05, 0.1) is 37.6 Å². The molecule has 0 saturated carbocycles. The molecule has 0 unspecified atom stereocenters. The topological polar surface area (TPSA) is 55.5 Å². The van der Waals surface area contributed by atoms with E-state index in [9.17, 15) is 9.18 Å². The minimum atomic E-state index is -0.296. The van der Waals surface area contributed by atoms with E-state index < -0.39 is 0 Å². The van der Waals surface area contributed by atoms with Gasteiger partial charge in [-0.1, -0.05) is 17.8 Å². The molecule has 6 nitrogen and oxygen atoms in total. The van der Waals surface area contributed by atoms with Crippen LogP contribution >= 0.6 is 11.8 Å². The lowest BCUT2D eigenvalue weighted by molar-refractivity contribution is -0.917. The minimum absolute atomic E-state index is 0.117. The molecule has 1 aromatic carbocycles. The van der Waals surface area contributed by atoms with E-state index in [1.165, 1.54) is 34.4 Å². The first kappa shape index (κ1) is 19.6. The summed E-state index contributed by atoms with van der Waals surface area (Å²) in [5, 5.41) is 0.686. The standard InChI is InChI=1S/C21H22FN5OS/c22-18-2-1-3-19(14-18)27-9-8-24-21(27)29-16-20(28)26-12-10-25(11-13-26)15-17-4-6-23-7-5-17/h1-9,14H,10-13,15-16H2/p+1. The summed E-state index contributed by atoms with van der Waals surface area (Å²) < 4.78 is 15.3. The Morgan fingerprint density at radius 2 is 1.93 bits per heavy atom. The van der Waals surface area contributed by atoms with Crippen molar-refractivity contribution in [3.63, 3.8) is 0 Å². The van der Waals surface area contributed by atoms with Gasteiger partial charge in [0.15, 0.2) is 5.16 Å². The fourth-order valence-electron chi connectivity index (χ4n) is 3.48. The van der Waals surface area contributed by atoms with Gasteiger partial charge in [0, 0.05) is 30.4 Å². The van der Waals surface area contributed by atoms with Crippen molar-refractivity contribution in [2.75, 3.05) is 31.9 Å². The molecular weight excluding hydrogens is 389 g/mol. The van der Waals surface area contributed by atoms with E-state index in [2.05, 4.69) is 9.97 Å². The predicted octanol–water partition coefficient (Wildman–Crippen LogP) is 1.43. The first-order valence-corrected chi connectivity index (χ1v) is 10.6. The molecule has 3 aromatic rings. The number of thioether (sulfide) groups is 1. The van der Waals surface area contributed by atoms with Crippen LogP contribution in [0.5, 0.6) is 0 Å². The van der Waals surface area contributed by atoms with Crippen LogP contribution in [0.2, 0.25) is 0 Å². The van der Waals surface area contributed by atoms with E-state index in [0.717, 1.165) is 32.7 Å². The highest BCUT2D eigenvalue weighted by molar-refractivity contribution is 7.99. The molecule has 3 heterocycles. The first-order chi connectivity index (χ1) is 14.2. The maximum absolute atomic E-state index is 13.5. The van der Waals surface area contributed by atoms with Gasteiger partial charge in [0.1, 0.15) is 12.4 Å².